The summed E-state index contributed by atoms with van der Waals surface area (Å²) in [6, 6.07) is 5.24. The lowest BCUT2D eigenvalue weighted by Crippen LogP contribution is -2.19. The van der Waals surface area contributed by atoms with Crippen LogP contribution in [0.2, 0.25) is 0 Å². The van der Waals surface area contributed by atoms with Crippen molar-refractivity contribution >= 4 is 11.7 Å². The molecule has 1 aliphatic rings. The molecule has 98 valence electrons. The molecule has 1 aliphatic heterocycles. The maximum Gasteiger partial charge on any atom is 0.338 e. The molecule has 1 saturated heterocycles. The van der Waals surface area contributed by atoms with Crippen molar-refractivity contribution in [3.8, 4) is 0 Å². The molecule has 1 heterocycles. The molecule has 0 radical (unpaired) electrons. The van der Waals surface area contributed by atoms with Crippen LogP contribution < -0.4 is 5.73 Å². The fourth-order valence-corrected chi connectivity index (χ4v) is 2.11. The highest BCUT2D eigenvalue weighted by molar-refractivity contribution is 5.92. The Morgan fingerprint density at radius 3 is 2.94 bits per heavy atom. The van der Waals surface area contributed by atoms with E-state index in [-0.39, 0.29) is 18.2 Å². The van der Waals surface area contributed by atoms with Crippen LogP contribution in [0.15, 0.2) is 18.2 Å². The van der Waals surface area contributed by atoms with E-state index >= 15 is 0 Å². The summed E-state index contributed by atoms with van der Waals surface area (Å²) in [7, 11) is 0. The number of benzene rings is 1. The van der Waals surface area contributed by atoms with E-state index in [1.165, 1.54) is 0 Å². The van der Waals surface area contributed by atoms with E-state index < -0.39 is 0 Å². The molecule has 0 aromatic heterocycles. The van der Waals surface area contributed by atoms with E-state index in [1.54, 1.807) is 12.1 Å². The predicted molar refractivity (Wildman–Crippen MR) is 69.4 cm³/mol. The first-order valence-electron chi connectivity index (χ1n) is 6.25. The average Bonchev–Trinajstić information content (AvgIpc) is 2.75. The van der Waals surface area contributed by atoms with Crippen LogP contribution in [0.3, 0.4) is 0 Å². The molecule has 4 heteroatoms. The Balaban J connectivity index is 1.93. The molecule has 2 rings (SSSR count). The topological polar surface area (TPSA) is 61.6 Å². The Labute approximate surface area is 107 Å². The van der Waals surface area contributed by atoms with Gasteiger partial charge in [0.25, 0.3) is 0 Å². The van der Waals surface area contributed by atoms with E-state index in [0.717, 1.165) is 18.4 Å². The number of aryl methyl sites for hydroxylation is 1. The number of carbonyl (C=O) groups excluding carboxylic acids is 1. The first-order chi connectivity index (χ1) is 8.56. The second-order valence-electron chi connectivity index (χ2n) is 4.82. The van der Waals surface area contributed by atoms with Gasteiger partial charge in [-0.1, -0.05) is 6.07 Å². The Kier molecular flexibility index (Phi) is 3.87. The molecule has 2 N–H and O–H groups in total. The van der Waals surface area contributed by atoms with Crippen molar-refractivity contribution in [2.45, 2.75) is 38.9 Å². The first kappa shape index (κ1) is 12.9. The second-order valence-corrected chi connectivity index (χ2v) is 4.82. The molecule has 18 heavy (non-hydrogen) atoms. The van der Waals surface area contributed by atoms with Gasteiger partial charge in [0.05, 0.1) is 17.8 Å². The minimum absolute atomic E-state index is 0.0327. The predicted octanol–water partition coefficient (Wildman–Crippen LogP) is 2.30. The SMILES string of the molecule is Cc1ccc(N)cc1C(=O)OCC1CCC(C)O1. The quantitative estimate of drug-likeness (QED) is 0.659. The number of nitrogen functional groups attached to an aromatic ring is 1. The van der Waals surface area contributed by atoms with Crippen molar-refractivity contribution in [1.82, 2.24) is 0 Å². The average molecular weight is 249 g/mol. The number of carbonyl (C=O) groups is 1. The summed E-state index contributed by atoms with van der Waals surface area (Å²) in [5, 5.41) is 0. The molecule has 2 atom stereocenters. The Morgan fingerprint density at radius 1 is 1.50 bits per heavy atom. The van der Waals surface area contributed by atoms with Gasteiger partial charge < -0.3 is 15.2 Å². The third-order valence-corrected chi connectivity index (χ3v) is 3.20. The normalized spacial score (nSPS) is 23.0. The molecular formula is C14H19NO3. The monoisotopic (exact) mass is 249 g/mol. The number of nitrogens with two attached hydrogens (primary N) is 1. The number of hydrogen-bond donors (Lipinski definition) is 1. The van der Waals surface area contributed by atoms with Crippen LogP contribution in [0.25, 0.3) is 0 Å². The lowest BCUT2D eigenvalue weighted by molar-refractivity contribution is -0.00269. The number of anilines is 1. The van der Waals surface area contributed by atoms with E-state index in [2.05, 4.69) is 0 Å². The van der Waals surface area contributed by atoms with Crippen molar-refractivity contribution < 1.29 is 14.3 Å². The molecule has 0 amide bonds. The van der Waals surface area contributed by atoms with Gasteiger partial charge in [-0.15, -0.1) is 0 Å². The number of rotatable bonds is 3. The van der Waals surface area contributed by atoms with Gasteiger partial charge in [-0.2, -0.15) is 0 Å². The summed E-state index contributed by atoms with van der Waals surface area (Å²) >= 11 is 0. The van der Waals surface area contributed by atoms with Gasteiger partial charge in [0.2, 0.25) is 0 Å². The third-order valence-electron chi connectivity index (χ3n) is 3.20. The van der Waals surface area contributed by atoms with Crippen LogP contribution in [0.5, 0.6) is 0 Å². The molecule has 2 unspecified atom stereocenters. The van der Waals surface area contributed by atoms with Gasteiger partial charge in [0.15, 0.2) is 0 Å². The summed E-state index contributed by atoms with van der Waals surface area (Å²) in [4.78, 5) is 11.9. The van der Waals surface area contributed by atoms with Gasteiger partial charge >= 0.3 is 5.97 Å². The van der Waals surface area contributed by atoms with Crippen molar-refractivity contribution in [3.63, 3.8) is 0 Å². The molecule has 4 nitrogen and oxygen atoms in total. The van der Waals surface area contributed by atoms with Gasteiger partial charge in [-0.3, -0.25) is 0 Å². The van der Waals surface area contributed by atoms with Crippen LogP contribution in [0.4, 0.5) is 5.69 Å². The fraction of sp³-hybridized carbons (Fsp3) is 0.500. The van der Waals surface area contributed by atoms with E-state index in [4.69, 9.17) is 15.2 Å². The Hall–Kier alpha value is -1.55. The molecule has 1 aromatic rings. The van der Waals surface area contributed by atoms with Crippen molar-refractivity contribution in [2.75, 3.05) is 12.3 Å². The van der Waals surface area contributed by atoms with Crippen molar-refractivity contribution in [2.24, 2.45) is 0 Å². The van der Waals surface area contributed by atoms with Crippen molar-refractivity contribution in [1.29, 1.82) is 0 Å². The highest BCUT2D eigenvalue weighted by atomic mass is 16.6. The fourth-order valence-electron chi connectivity index (χ4n) is 2.11. The molecular weight excluding hydrogens is 230 g/mol. The van der Waals surface area contributed by atoms with Crippen LogP contribution in [-0.2, 0) is 9.47 Å². The summed E-state index contributed by atoms with van der Waals surface area (Å²) in [5.74, 6) is -0.331. The summed E-state index contributed by atoms with van der Waals surface area (Å²) in [6.45, 7) is 4.21. The lowest BCUT2D eigenvalue weighted by atomic mass is 10.1. The zero-order valence-corrected chi connectivity index (χ0v) is 10.8. The summed E-state index contributed by atoms with van der Waals surface area (Å²) < 4.78 is 10.9. The second kappa shape index (κ2) is 5.40. The Bertz CT molecular complexity index is 445. The molecule has 0 aliphatic carbocycles. The summed E-state index contributed by atoms with van der Waals surface area (Å²) in [5.41, 5.74) is 7.64. The Morgan fingerprint density at radius 2 is 2.28 bits per heavy atom. The number of ether oxygens (including phenoxy) is 2. The minimum Gasteiger partial charge on any atom is -0.459 e. The molecule has 0 saturated carbocycles. The van der Waals surface area contributed by atoms with Crippen molar-refractivity contribution in [3.05, 3.63) is 29.3 Å². The molecule has 0 bridgehead atoms. The van der Waals surface area contributed by atoms with Gasteiger partial charge in [0.1, 0.15) is 6.61 Å². The van der Waals surface area contributed by atoms with E-state index in [0.29, 0.717) is 17.9 Å². The van der Waals surface area contributed by atoms with Gasteiger partial charge in [-0.05, 0) is 44.4 Å². The zero-order chi connectivity index (χ0) is 13.1. The standard InChI is InChI=1S/C14H19NO3/c1-9-3-5-11(15)7-13(9)14(16)17-8-12-6-4-10(2)18-12/h3,5,7,10,12H,4,6,8,15H2,1-2H3. The molecule has 1 aromatic carbocycles. The van der Waals surface area contributed by atoms with Gasteiger partial charge in [-0.25, -0.2) is 4.79 Å². The van der Waals surface area contributed by atoms with Crippen LogP contribution in [-0.4, -0.2) is 24.8 Å². The smallest absolute Gasteiger partial charge is 0.338 e. The molecule has 1 fully saturated rings. The highest BCUT2D eigenvalue weighted by Crippen LogP contribution is 2.20. The van der Waals surface area contributed by atoms with Crippen LogP contribution in [0.1, 0.15) is 35.7 Å². The van der Waals surface area contributed by atoms with E-state index in [9.17, 15) is 4.79 Å². The van der Waals surface area contributed by atoms with E-state index in [1.807, 2.05) is 19.9 Å². The lowest BCUT2D eigenvalue weighted by Gasteiger charge is -2.12. The maximum atomic E-state index is 11.9. The third kappa shape index (κ3) is 3.01. The van der Waals surface area contributed by atoms with Gasteiger partial charge in [0, 0.05) is 5.69 Å². The summed E-state index contributed by atoms with van der Waals surface area (Å²) in [6.07, 6.45) is 2.28. The maximum absolute atomic E-state index is 11.9. The largest absolute Gasteiger partial charge is 0.459 e. The highest BCUT2D eigenvalue weighted by Gasteiger charge is 2.23. The zero-order valence-electron chi connectivity index (χ0n) is 10.8. The first-order valence-corrected chi connectivity index (χ1v) is 6.25. The van der Waals surface area contributed by atoms with Crippen LogP contribution >= 0.6 is 0 Å². The number of esters is 1. The van der Waals surface area contributed by atoms with Crippen LogP contribution in [0, 0.1) is 6.92 Å². The molecule has 0 spiro atoms. The minimum atomic E-state index is -0.331. The number of hydrogen-bond acceptors (Lipinski definition) is 4.